The van der Waals surface area contributed by atoms with Gasteiger partial charge in [-0.15, -0.1) is 0 Å². The second kappa shape index (κ2) is 18.2. The van der Waals surface area contributed by atoms with Gasteiger partial charge in [0.2, 0.25) is 0 Å². The SMILES string of the molecule is CCCCC/C=C\C=C/CCCCCCCC(=O)OC[C@H](O)CO. The van der Waals surface area contributed by atoms with Crippen molar-refractivity contribution >= 4 is 5.97 Å². The number of unbranched alkanes of at least 4 members (excludes halogenated alkanes) is 8. The molecule has 0 radical (unpaired) electrons. The number of carbonyl (C=O) groups excluding carboxylic acids is 1. The molecule has 0 saturated carbocycles. The minimum atomic E-state index is -0.965. The first-order valence-corrected chi connectivity index (χ1v) is 9.47. The van der Waals surface area contributed by atoms with Crippen LogP contribution in [0.5, 0.6) is 0 Å². The number of rotatable bonds is 16. The number of aliphatic hydroxyl groups excluding tert-OH is 2. The van der Waals surface area contributed by atoms with E-state index >= 15 is 0 Å². The fourth-order valence-electron chi connectivity index (χ4n) is 2.24. The molecular weight excluding hydrogens is 304 g/mol. The molecule has 0 spiro atoms. The number of hydrogen-bond donors (Lipinski definition) is 2. The van der Waals surface area contributed by atoms with E-state index in [4.69, 9.17) is 14.9 Å². The Kier molecular flexibility index (Phi) is 17.4. The van der Waals surface area contributed by atoms with Crippen LogP contribution in [0.4, 0.5) is 0 Å². The van der Waals surface area contributed by atoms with E-state index in [-0.39, 0.29) is 19.2 Å². The van der Waals surface area contributed by atoms with E-state index in [1.807, 2.05) is 0 Å². The average molecular weight is 341 g/mol. The Morgan fingerprint density at radius 2 is 1.54 bits per heavy atom. The molecule has 0 aliphatic carbocycles. The molecule has 0 heterocycles. The largest absolute Gasteiger partial charge is 0.463 e. The van der Waals surface area contributed by atoms with Gasteiger partial charge in [0.25, 0.3) is 0 Å². The second-order valence-electron chi connectivity index (χ2n) is 6.18. The van der Waals surface area contributed by atoms with Crippen LogP contribution >= 0.6 is 0 Å². The number of allylic oxidation sites excluding steroid dienone is 4. The highest BCUT2D eigenvalue weighted by Crippen LogP contribution is 2.08. The predicted molar refractivity (Wildman–Crippen MR) is 98.8 cm³/mol. The van der Waals surface area contributed by atoms with Crippen LogP contribution in [0, 0.1) is 0 Å². The predicted octanol–water partition coefficient (Wildman–Crippen LogP) is 4.31. The molecule has 0 aliphatic heterocycles. The van der Waals surface area contributed by atoms with Crippen molar-refractivity contribution < 1.29 is 19.7 Å². The van der Waals surface area contributed by atoms with Gasteiger partial charge in [0.15, 0.2) is 0 Å². The molecule has 0 rings (SSSR count). The van der Waals surface area contributed by atoms with Crippen LogP contribution in [-0.2, 0) is 9.53 Å². The Morgan fingerprint density at radius 1 is 0.958 bits per heavy atom. The van der Waals surface area contributed by atoms with Crippen LogP contribution in [0.3, 0.4) is 0 Å². The number of aliphatic hydroxyl groups is 2. The quantitative estimate of drug-likeness (QED) is 0.250. The third-order valence-electron chi connectivity index (χ3n) is 3.76. The molecule has 1 atom stereocenters. The van der Waals surface area contributed by atoms with E-state index in [9.17, 15) is 4.79 Å². The molecule has 0 aliphatic rings. The highest BCUT2D eigenvalue weighted by Gasteiger charge is 2.07. The topological polar surface area (TPSA) is 66.8 Å². The van der Waals surface area contributed by atoms with Crippen LogP contribution in [0.1, 0.15) is 77.6 Å². The number of carbonyl (C=O) groups is 1. The highest BCUT2D eigenvalue weighted by atomic mass is 16.5. The Balaban J connectivity index is 3.31. The lowest BCUT2D eigenvalue weighted by Gasteiger charge is -2.08. The maximum absolute atomic E-state index is 11.4. The van der Waals surface area contributed by atoms with Crippen molar-refractivity contribution in [1.29, 1.82) is 0 Å². The lowest BCUT2D eigenvalue weighted by molar-refractivity contribution is -0.147. The summed E-state index contributed by atoms with van der Waals surface area (Å²) in [5, 5.41) is 17.7. The standard InChI is InChI=1S/C20H36O4/c1-2-3-4-5-6-7-8-9-10-11-12-13-14-15-16-20(23)24-18-19(22)17-21/h6-9,19,21-22H,2-5,10-18H2,1H3/b7-6-,9-8-/t19-/m1/s1. The van der Waals surface area contributed by atoms with Crippen LogP contribution in [0.15, 0.2) is 24.3 Å². The summed E-state index contributed by atoms with van der Waals surface area (Å²) in [7, 11) is 0. The summed E-state index contributed by atoms with van der Waals surface area (Å²) in [5.41, 5.74) is 0. The van der Waals surface area contributed by atoms with Crippen molar-refractivity contribution in [1.82, 2.24) is 0 Å². The van der Waals surface area contributed by atoms with E-state index < -0.39 is 6.10 Å². The van der Waals surface area contributed by atoms with Gasteiger partial charge in [-0.05, 0) is 32.1 Å². The molecule has 0 unspecified atom stereocenters. The van der Waals surface area contributed by atoms with E-state index in [0.29, 0.717) is 6.42 Å². The maximum atomic E-state index is 11.4. The molecule has 24 heavy (non-hydrogen) atoms. The molecule has 0 bridgehead atoms. The molecule has 0 saturated heterocycles. The third kappa shape index (κ3) is 17.2. The van der Waals surface area contributed by atoms with Crippen molar-refractivity contribution in [2.45, 2.75) is 83.7 Å². The monoisotopic (exact) mass is 340 g/mol. The Hall–Kier alpha value is -1.13. The smallest absolute Gasteiger partial charge is 0.305 e. The Morgan fingerprint density at radius 3 is 2.17 bits per heavy atom. The summed E-state index contributed by atoms with van der Waals surface area (Å²) in [4.78, 5) is 11.4. The van der Waals surface area contributed by atoms with Crippen molar-refractivity contribution in [3.8, 4) is 0 Å². The molecule has 140 valence electrons. The highest BCUT2D eigenvalue weighted by molar-refractivity contribution is 5.69. The van der Waals surface area contributed by atoms with Crippen LogP contribution in [0.25, 0.3) is 0 Å². The molecule has 0 aromatic carbocycles. The zero-order valence-electron chi connectivity index (χ0n) is 15.3. The van der Waals surface area contributed by atoms with E-state index in [1.165, 1.54) is 38.5 Å². The molecule has 4 heteroatoms. The zero-order chi connectivity index (χ0) is 17.9. The van der Waals surface area contributed by atoms with Crippen molar-refractivity contribution in [2.75, 3.05) is 13.2 Å². The van der Waals surface area contributed by atoms with Crippen molar-refractivity contribution in [3.63, 3.8) is 0 Å². The van der Waals surface area contributed by atoms with Gasteiger partial charge in [0, 0.05) is 6.42 Å². The summed E-state index contributed by atoms with van der Waals surface area (Å²) in [5.74, 6) is -0.295. The van der Waals surface area contributed by atoms with Crippen LogP contribution < -0.4 is 0 Å². The molecule has 0 aromatic heterocycles. The zero-order valence-corrected chi connectivity index (χ0v) is 15.3. The number of esters is 1. The van der Waals surface area contributed by atoms with Gasteiger partial charge >= 0.3 is 5.97 Å². The summed E-state index contributed by atoms with van der Waals surface area (Å²) in [6.07, 6.45) is 19.7. The van der Waals surface area contributed by atoms with Gasteiger partial charge in [0.1, 0.15) is 12.7 Å². The fourth-order valence-corrected chi connectivity index (χ4v) is 2.24. The third-order valence-corrected chi connectivity index (χ3v) is 3.76. The summed E-state index contributed by atoms with van der Waals surface area (Å²) < 4.78 is 4.84. The van der Waals surface area contributed by atoms with Gasteiger partial charge < -0.3 is 14.9 Å². The minimum absolute atomic E-state index is 0.116. The number of ether oxygens (including phenoxy) is 1. The van der Waals surface area contributed by atoms with Crippen molar-refractivity contribution in [2.24, 2.45) is 0 Å². The molecule has 0 aromatic rings. The van der Waals surface area contributed by atoms with Crippen molar-refractivity contribution in [3.05, 3.63) is 24.3 Å². The van der Waals surface area contributed by atoms with Gasteiger partial charge in [-0.2, -0.15) is 0 Å². The fraction of sp³-hybridized carbons (Fsp3) is 0.750. The van der Waals surface area contributed by atoms with E-state index in [1.54, 1.807) is 0 Å². The Labute approximate surface area is 147 Å². The van der Waals surface area contributed by atoms with E-state index in [2.05, 4.69) is 31.2 Å². The average Bonchev–Trinajstić information content (AvgIpc) is 2.59. The molecule has 2 N–H and O–H groups in total. The molecule has 4 nitrogen and oxygen atoms in total. The summed E-state index contributed by atoms with van der Waals surface area (Å²) >= 11 is 0. The molecule has 0 amide bonds. The van der Waals surface area contributed by atoms with E-state index in [0.717, 1.165) is 25.7 Å². The van der Waals surface area contributed by atoms with Crippen LogP contribution in [0.2, 0.25) is 0 Å². The Bertz CT molecular complexity index is 337. The summed E-state index contributed by atoms with van der Waals surface area (Å²) in [6.45, 7) is 1.73. The van der Waals surface area contributed by atoms with Gasteiger partial charge in [-0.3, -0.25) is 4.79 Å². The van der Waals surface area contributed by atoms with Gasteiger partial charge in [-0.1, -0.05) is 63.3 Å². The summed E-state index contributed by atoms with van der Waals surface area (Å²) in [6, 6.07) is 0. The molecular formula is C20H36O4. The lowest BCUT2D eigenvalue weighted by Crippen LogP contribution is -2.21. The minimum Gasteiger partial charge on any atom is -0.463 e. The van der Waals surface area contributed by atoms with Gasteiger partial charge in [-0.25, -0.2) is 0 Å². The first kappa shape index (κ1) is 22.9. The molecule has 0 fully saturated rings. The first-order chi connectivity index (χ1) is 11.7. The first-order valence-electron chi connectivity index (χ1n) is 9.47. The lowest BCUT2D eigenvalue weighted by atomic mass is 10.1. The van der Waals surface area contributed by atoms with Crippen LogP contribution in [-0.4, -0.2) is 35.5 Å². The van der Waals surface area contributed by atoms with Gasteiger partial charge in [0.05, 0.1) is 6.61 Å². The second-order valence-corrected chi connectivity index (χ2v) is 6.18. The number of hydrogen-bond acceptors (Lipinski definition) is 4. The normalized spacial score (nSPS) is 13.0. The maximum Gasteiger partial charge on any atom is 0.305 e.